The van der Waals surface area contributed by atoms with Crippen LogP contribution in [0.1, 0.15) is 32.1 Å². The van der Waals surface area contributed by atoms with Gasteiger partial charge < -0.3 is 5.73 Å². The first-order valence-corrected chi connectivity index (χ1v) is 5.41. The molecule has 2 N–H and O–H groups in total. The van der Waals surface area contributed by atoms with Crippen LogP contribution in [-0.4, -0.2) is 10.5 Å². The van der Waals surface area contributed by atoms with E-state index in [1.807, 2.05) is 0 Å². The highest BCUT2D eigenvalue weighted by Gasteiger charge is 2.17. The molecule has 10 heavy (non-hydrogen) atoms. The maximum atomic E-state index is 5.49. The number of nitrogens with two attached hydrogens (primary N) is 1. The van der Waals surface area contributed by atoms with Crippen LogP contribution in [0, 0.1) is 5.92 Å². The lowest BCUT2D eigenvalue weighted by atomic mass is 9.87. The minimum atomic E-state index is 0.885. The molecule has 2 heteroatoms. The molecule has 0 bridgehead atoms. The first kappa shape index (κ1) is 8.78. The van der Waals surface area contributed by atoms with Gasteiger partial charge in [-0.3, -0.25) is 0 Å². The van der Waals surface area contributed by atoms with Crippen molar-refractivity contribution in [2.45, 2.75) is 36.0 Å². The Bertz CT molecular complexity index is 87.3. The summed E-state index contributed by atoms with van der Waals surface area (Å²) in [7, 11) is 0. The molecule has 0 saturated heterocycles. The van der Waals surface area contributed by atoms with E-state index in [1.165, 1.54) is 32.1 Å². The van der Waals surface area contributed by atoms with E-state index in [-0.39, 0.29) is 0 Å². The molecular weight excluding hydrogens is 237 g/mol. The van der Waals surface area contributed by atoms with Crippen molar-refractivity contribution in [2.75, 3.05) is 6.54 Å². The van der Waals surface area contributed by atoms with E-state index in [1.54, 1.807) is 0 Å². The zero-order valence-electron chi connectivity index (χ0n) is 6.35. The summed E-state index contributed by atoms with van der Waals surface area (Å²) < 4.78 is 0.951. The topological polar surface area (TPSA) is 26.0 Å². The van der Waals surface area contributed by atoms with Crippen LogP contribution < -0.4 is 5.73 Å². The van der Waals surface area contributed by atoms with Crippen molar-refractivity contribution in [2.24, 2.45) is 11.7 Å². The third kappa shape index (κ3) is 2.74. The summed E-state index contributed by atoms with van der Waals surface area (Å²) in [5, 5.41) is 0. The largest absolute Gasteiger partial charge is 0.330 e. The molecule has 0 aromatic heterocycles. The molecule has 0 heterocycles. The zero-order chi connectivity index (χ0) is 7.40. The Balaban J connectivity index is 2.13. The van der Waals surface area contributed by atoms with Crippen LogP contribution in [0.2, 0.25) is 0 Å². The van der Waals surface area contributed by atoms with Crippen LogP contribution >= 0.6 is 22.6 Å². The van der Waals surface area contributed by atoms with Crippen molar-refractivity contribution in [3.8, 4) is 0 Å². The molecule has 0 amide bonds. The van der Waals surface area contributed by atoms with Crippen LogP contribution in [0.25, 0.3) is 0 Å². The van der Waals surface area contributed by atoms with Gasteiger partial charge in [-0.1, -0.05) is 22.6 Å². The maximum Gasteiger partial charge on any atom is 0.0110 e. The number of halogens is 1. The lowest BCUT2D eigenvalue weighted by molar-refractivity contribution is 0.355. The molecule has 0 aliphatic heterocycles. The standard InChI is InChI=1S/C8H16IN/c9-8-3-1-7(2-4-8)5-6-10/h7-8H,1-6,10H2/t7-,8+. The van der Waals surface area contributed by atoms with Crippen molar-refractivity contribution in [3.05, 3.63) is 0 Å². The van der Waals surface area contributed by atoms with Gasteiger partial charge in [-0.2, -0.15) is 0 Å². The van der Waals surface area contributed by atoms with Crippen LogP contribution in [-0.2, 0) is 0 Å². The summed E-state index contributed by atoms with van der Waals surface area (Å²) in [4.78, 5) is 0. The van der Waals surface area contributed by atoms with Crippen LogP contribution in [0.5, 0.6) is 0 Å². The second-order valence-electron chi connectivity index (χ2n) is 3.20. The van der Waals surface area contributed by atoms with Gasteiger partial charge in [0.2, 0.25) is 0 Å². The van der Waals surface area contributed by atoms with Gasteiger partial charge >= 0.3 is 0 Å². The van der Waals surface area contributed by atoms with E-state index in [0.29, 0.717) is 0 Å². The van der Waals surface area contributed by atoms with Crippen LogP contribution in [0.4, 0.5) is 0 Å². The molecule has 1 aliphatic carbocycles. The highest BCUT2D eigenvalue weighted by molar-refractivity contribution is 14.1. The van der Waals surface area contributed by atoms with Crippen molar-refractivity contribution in [1.82, 2.24) is 0 Å². The maximum absolute atomic E-state index is 5.49. The lowest BCUT2D eigenvalue weighted by Crippen LogP contribution is -2.16. The smallest absolute Gasteiger partial charge is 0.0110 e. The SMILES string of the molecule is NCC[C@H]1CC[C@@H](I)CC1. The molecule has 0 aromatic carbocycles. The average molecular weight is 253 g/mol. The van der Waals surface area contributed by atoms with Gasteiger partial charge in [0.1, 0.15) is 0 Å². The number of rotatable bonds is 2. The van der Waals surface area contributed by atoms with Gasteiger partial charge in [-0.25, -0.2) is 0 Å². The fourth-order valence-electron chi connectivity index (χ4n) is 1.65. The first-order chi connectivity index (χ1) is 4.83. The Morgan fingerprint density at radius 2 is 1.80 bits per heavy atom. The van der Waals surface area contributed by atoms with Gasteiger partial charge in [-0.05, 0) is 44.6 Å². The van der Waals surface area contributed by atoms with E-state index in [4.69, 9.17) is 5.73 Å². The van der Waals surface area contributed by atoms with E-state index >= 15 is 0 Å². The third-order valence-electron chi connectivity index (χ3n) is 2.35. The van der Waals surface area contributed by atoms with Crippen molar-refractivity contribution < 1.29 is 0 Å². The number of hydrogen-bond donors (Lipinski definition) is 1. The predicted molar refractivity (Wildman–Crippen MR) is 53.4 cm³/mol. The van der Waals surface area contributed by atoms with Gasteiger partial charge in [0.05, 0.1) is 0 Å². The Kier molecular flexibility index (Phi) is 3.99. The second kappa shape index (κ2) is 4.54. The summed E-state index contributed by atoms with van der Waals surface area (Å²) in [6.45, 7) is 0.885. The van der Waals surface area contributed by atoms with Gasteiger partial charge in [0, 0.05) is 3.92 Å². The Morgan fingerprint density at radius 1 is 1.20 bits per heavy atom. The van der Waals surface area contributed by atoms with Crippen molar-refractivity contribution >= 4 is 22.6 Å². The minimum Gasteiger partial charge on any atom is -0.330 e. The molecule has 1 fully saturated rings. The van der Waals surface area contributed by atoms with E-state index in [0.717, 1.165) is 16.4 Å². The van der Waals surface area contributed by atoms with E-state index in [2.05, 4.69) is 22.6 Å². The van der Waals surface area contributed by atoms with E-state index in [9.17, 15) is 0 Å². The molecule has 0 aromatic rings. The summed E-state index contributed by atoms with van der Waals surface area (Å²) in [5.41, 5.74) is 5.49. The molecule has 0 radical (unpaired) electrons. The Labute approximate surface area is 76.9 Å². The molecule has 0 unspecified atom stereocenters. The molecule has 0 spiro atoms. The monoisotopic (exact) mass is 253 g/mol. The quantitative estimate of drug-likeness (QED) is 0.593. The van der Waals surface area contributed by atoms with Gasteiger partial charge in [0.25, 0.3) is 0 Å². The first-order valence-electron chi connectivity index (χ1n) is 4.17. The average Bonchev–Trinajstić information content (AvgIpc) is 1.95. The molecule has 60 valence electrons. The van der Waals surface area contributed by atoms with Crippen LogP contribution in [0.3, 0.4) is 0 Å². The number of hydrogen-bond acceptors (Lipinski definition) is 1. The van der Waals surface area contributed by atoms with Crippen molar-refractivity contribution in [3.63, 3.8) is 0 Å². The van der Waals surface area contributed by atoms with Gasteiger partial charge in [0.15, 0.2) is 0 Å². The minimum absolute atomic E-state index is 0.885. The van der Waals surface area contributed by atoms with Gasteiger partial charge in [-0.15, -0.1) is 0 Å². The number of alkyl halides is 1. The highest BCUT2D eigenvalue weighted by Crippen LogP contribution is 2.30. The van der Waals surface area contributed by atoms with Crippen molar-refractivity contribution in [1.29, 1.82) is 0 Å². The highest BCUT2D eigenvalue weighted by atomic mass is 127. The summed E-state index contributed by atoms with van der Waals surface area (Å²) in [6, 6.07) is 0. The molecule has 0 atom stereocenters. The predicted octanol–water partition coefficient (Wildman–Crippen LogP) is 2.33. The third-order valence-corrected chi connectivity index (χ3v) is 3.60. The molecule has 1 rings (SSSR count). The fraction of sp³-hybridized carbons (Fsp3) is 1.00. The second-order valence-corrected chi connectivity index (χ2v) is 4.96. The molecule has 1 aliphatic rings. The van der Waals surface area contributed by atoms with Crippen LogP contribution in [0.15, 0.2) is 0 Å². The lowest BCUT2D eigenvalue weighted by Gasteiger charge is -2.24. The molecule has 1 nitrogen and oxygen atoms in total. The summed E-state index contributed by atoms with van der Waals surface area (Å²) >= 11 is 2.56. The fourth-order valence-corrected chi connectivity index (χ4v) is 2.37. The zero-order valence-corrected chi connectivity index (χ0v) is 8.51. The molecule has 1 saturated carbocycles. The Hall–Kier alpha value is 0.690. The Morgan fingerprint density at radius 3 is 2.30 bits per heavy atom. The summed E-state index contributed by atoms with van der Waals surface area (Å²) in [6.07, 6.45) is 6.94. The molecular formula is C8H16IN. The normalized spacial score (nSPS) is 34.2. The van der Waals surface area contributed by atoms with E-state index < -0.39 is 0 Å². The summed E-state index contributed by atoms with van der Waals surface area (Å²) in [5.74, 6) is 0.955.